The number of anilines is 2. The number of piperazine rings is 1. The van der Waals surface area contributed by atoms with E-state index < -0.39 is 47.3 Å². The number of alkyl halides is 1. The van der Waals surface area contributed by atoms with Crippen molar-refractivity contribution >= 4 is 96.6 Å². The Morgan fingerprint density at radius 3 is 2.25 bits per heavy atom. The summed E-state index contributed by atoms with van der Waals surface area (Å²) in [6.07, 6.45) is 1.59. The molecule has 4 heterocycles. The fourth-order valence-electron chi connectivity index (χ4n) is 9.48. The molecule has 10 rings (SSSR count). The van der Waals surface area contributed by atoms with Crippen molar-refractivity contribution in [1.29, 1.82) is 0 Å². The minimum atomic E-state index is -1.99. The maximum Gasteiger partial charge on any atom is 0.415 e. The van der Waals surface area contributed by atoms with Gasteiger partial charge in [-0.3, -0.25) is 28.9 Å². The van der Waals surface area contributed by atoms with E-state index in [1.807, 2.05) is 24.3 Å². The lowest BCUT2D eigenvalue weighted by Crippen LogP contribution is -2.52. The van der Waals surface area contributed by atoms with E-state index >= 15 is 0 Å². The van der Waals surface area contributed by atoms with E-state index in [9.17, 15) is 33.2 Å². The molecule has 0 radical (unpaired) electrons. The number of nitrogens with zero attached hydrogens (tertiary/aromatic N) is 4. The molecule has 6 N–H and O–H groups in total. The van der Waals surface area contributed by atoms with Crippen LogP contribution in [0.15, 0.2) is 120 Å². The number of halogens is 2. The van der Waals surface area contributed by atoms with Gasteiger partial charge in [0.05, 0.1) is 11.4 Å². The number of amides is 4. The molecular weight excluding hydrogens is 945 g/mol. The summed E-state index contributed by atoms with van der Waals surface area (Å²) in [6.45, 7) is 4.54. The zero-order chi connectivity index (χ0) is 50.3. The molecule has 1 atom stereocenters. The van der Waals surface area contributed by atoms with Crippen LogP contribution in [0.5, 0.6) is 11.5 Å². The van der Waals surface area contributed by atoms with Gasteiger partial charge in [0.25, 0.3) is 17.7 Å². The molecule has 1 unspecified atom stereocenters. The molecule has 7 aromatic rings. The van der Waals surface area contributed by atoms with Crippen molar-refractivity contribution in [3.05, 3.63) is 144 Å². The van der Waals surface area contributed by atoms with Gasteiger partial charge in [-0.1, -0.05) is 24.3 Å². The van der Waals surface area contributed by atoms with Crippen LogP contribution >= 0.6 is 11.6 Å². The van der Waals surface area contributed by atoms with E-state index in [0.29, 0.717) is 108 Å². The van der Waals surface area contributed by atoms with Crippen LogP contribution in [0.2, 0.25) is 0 Å². The minimum Gasteiger partial charge on any atom is -0.492 e. The molecule has 3 aliphatic rings. The Balaban J connectivity index is 0.754. The highest BCUT2D eigenvalue weighted by Crippen LogP contribution is 2.46. The fraction of sp³-hybridized carbons (Fsp3) is 0.226. The van der Waals surface area contributed by atoms with Crippen LogP contribution in [-0.4, -0.2) is 119 Å². The van der Waals surface area contributed by atoms with Gasteiger partial charge in [0.2, 0.25) is 0 Å². The predicted molar refractivity (Wildman–Crippen MR) is 271 cm³/mol. The van der Waals surface area contributed by atoms with Gasteiger partial charge in [0.15, 0.2) is 17.0 Å². The number of nitrogens with two attached hydrogens (primary N) is 1. The van der Waals surface area contributed by atoms with Crippen LogP contribution in [0.3, 0.4) is 0 Å². The summed E-state index contributed by atoms with van der Waals surface area (Å²) in [6, 6.07) is 29.3. The van der Waals surface area contributed by atoms with Crippen LogP contribution in [-0.2, 0) is 14.4 Å². The zero-order valence-corrected chi connectivity index (χ0v) is 39.6. The molecule has 72 heavy (non-hydrogen) atoms. The molecule has 5 aromatic carbocycles. The number of rotatable bonds is 13. The Bertz CT molecular complexity index is 3400. The van der Waals surface area contributed by atoms with Gasteiger partial charge in [-0.05, 0) is 108 Å². The molecule has 19 heteroatoms. The molecule has 4 amide bonds. The highest BCUT2D eigenvalue weighted by molar-refractivity contribution is 6.34. The summed E-state index contributed by atoms with van der Waals surface area (Å²) in [5.41, 5.74) is 11.0. The van der Waals surface area contributed by atoms with Gasteiger partial charge >= 0.3 is 6.09 Å². The number of fused-ring (bicyclic) bond motifs is 5. The van der Waals surface area contributed by atoms with E-state index in [1.165, 1.54) is 12.1 Å². The third-order valence-corrected chi connectivity index (χ3v) is 13.9. The molecule has 366 valence electrons. The normalized spacial score (nSPS) is 16.7. The maximum atomic E-state index is 14.4. The Morgan fingerprint density at radius 1 is 0.847 bits per heavy atom. The van der Waals surface area contributed by atoms with E-state index in [2.05, 4.69) is 30.7 Å². The number of hydrazone groups is 1. The van der Waals surface area contributed by atoms with Crippen molar-refractivity contribution in [2.24, 2.45) is 16.3 Å². The Labute approximate surface area is 415 Å². The molecule has 2 aromatic heterocycles. The van der Waals surface area contributed by atoms with Crippen LogP contribution < -0.4 is 30.8 Å². The molecule has 0 spiro atoms. The van der Waals surface area contributed by atoms with Crippen molar-refractivity contribution < 1.29 is 42.6 Å². The number of hydrogen-bond acceptors (Lipinski definition) is 11. The van der Waals surface area contributed by atoms with Crippen LogP contribution in [0.1, 0.15) is 44.9 Å². The van der Waals surface area contributed by atoms with Gasteiger partial charge in [0.1, 0.15) is 35.3 Å². The Kier molecular flexibility index (Phi) is 12.9. The second kappa shape index (κ2) is 19.5. The molecule has 17 nitrogen and oxygen atoms in total. The maximum absolute atomic E-state index is 14.4. The number of carbonyl (C=O) groups excluding carboxylic acids is 6. The topological polar surface area (TPSA) is 225 Å². The summed E-state index contributed by atoms with van der Waals surface area (Å²) < 4.78 is 25.9. The minimum absolute atomic E-state index is 0.192. The van der Waals surface area contributed by atoms with Crippen LogP contribution in [0.25, 0.3) is 32.6 Å². The van der Waals surface area contributed by atoms with Crippen molar-refractivity contribution in [2.45, 2.75) is 12.8 Å². The first kappa shape index (κ1) is 47.5. The number of ether oxygens (including phenoxy) is 2. The first-order valence-electron chi connectivity index (χ1n) is 23.2. The van der Waals surface area contributed by atoms with Gasteiger partial charge in [-0.25, -0.2) is 14.6 Å². The number of carbonyl (C=O) groups is 6. The smallest absolute Gasteiger partial charge is 0.415 e. The lowest BCUT2D eigenvalue weighted by Gasteiger charge is -2.34. The highest BCUT2D eigenvalue weighted by Gasteiger charge is 2.52. The third kappa shape index (κ3) is 8.95. The quantitative estimate of drug-likeness (QED) is 0.0349. The monoisotopic (exact) mass is 991 g/mol. The Morgan fingerprint density at radius 2 is 1.53 bits per heavy atom. The van der Waals surface area contributed by atoms with Crippen molar-refractivity contribution in [1.82, 2.24) is 25.2 Å². The van der Waals surface area contributed by atoms with Crippen molar-refractivity contribution in [3.8, 4) is 11.5 Å². The predicted octanol–water partition coefficient (Wildman–Crippen LogP) is 6.87. The summed E-state index contributed by atoms with van der Waals surface area (Å²) in [7, 11) is 0. The van der Waals surface area contributed by atoms with Crippen molar-refractivity contribution in [2.75, 3.05) is 68.5 Å². The van der Waals surface area contributed by atoms with E-state index in [1.54, 1.807) is 83.5 Å². The van der Waals surface area contributed by atoms with Gasteiger partial charge in [-0.2, -0.15) is 5.10 Å². The molecule has 1 saturated heterocycles. The molecule has 0 saturated carbocycles. The van der Waals surface area contributed by atoms with E-state index in [0.717, 1.165) is 28.5 Å². The number of hydrogen-bond donors (Lipinski definition) is 5. The number of nitrogens with one attached hydrogen (secondary N) is 4. The molecule has 0 bridgehead atoms. The largest absolute Gasteiger partial charge is 0.492 e. The standard InChI is InChI=1S/C53H47ClFN9O8/c1-30(60-61-51(69)53(29-56)46(65)14-15-47(53)66)31-6-10-37(11-7-31)71-21-20-62-16-18-63(19-17-62)52(70)72-45-26-44-48(39-5-3-2-4-38(39)45)34(27-54)28-64(44)50(68)43-25-33-23-36(9-13-41(33)59-43)57-49(67)42-24-32-22-35(55)8-12-40(32)58-42/h2-15,22-26,34,58-59H,16-21,27-29,56H2,1H3,(H,57,67)(H,61,69). The number of H-pyrrole nitrogens is 2. The molecular formula is C53H47ClFN9O8. The first-order valence-corrected chi connectivity index (χ1v) is 23.8. The van der Waals surface area contributed by atoms with Crippen LogP contribution in [0, 0.1) is 11.2 Å². The number of allylic oxidation sites excluding steroid dienone is 2. The van der Waals surface area contributed by atoms with Gasteiger partial charge < -0.3 is 40.3 Å². The number of aromatic amines is 2. The van der Waals surface area contributed by atoms with E-state index in [4.69, 9.17) is 26.8 Å². The third-order valence-electron chi connectivity index (χ3n) is 13.5. The Hall–Kier alpha value is -8.19. The summed E-state index contributed by atoms with van der Waals surface area (Å²) >= 11 is 6.58. The lowest BCUT2D eigenvalue weighted by molar-refractivity contribution is -0.144. The van der Waals surface area contributed by atoms with Gasteiger partial charge in [-0.15, -0.1) is 11.6 Å². The average Bonchev–Trinajstić information content (AvgIpc) is 4.18. The number of ketones is 2. The van der Waals surface area contributed by atoms with E-state index in [-0.39, 0.29) is 23.4 Å². The van der Waals surface area contributed by atoms with Crippen LogP contribution in [0.4, 0.5) is 20.6 Å². The zero-order valence-electron chi connectivity index (χ0n) is 38.8. The fourth-order valence-corrected chi connectivity index (χ4v) is 9.73. The lowest BCUT2D eigenvalue weighted by atomic mass is 9.82. The first-order chi connectivity index (χ1) is 34.8. The molecule has 1 aliphatic carbocycles. The number of benzene rings is 5. The summed E-state index contributed by atoms with van der Waals surface area (Å²) in [5.74, 6) is -2.32. The van der Waals surface area contributed by atoms with Crippen molar-refractivity contribution in [3.63, 3.8) is 0 Å². The average molecular weight is 992 g/mol. The second-order valence-corrected chi connectivity index (χ2v) is 18.2. The summed E-state index contributed by atoms with van der Waals surface area (Å²) in [5, 5.41) is 9.79. The molecule has 1 fully saturated rings. The highest BCUT2D eigenvalue weighted by atomic mass is 35.5. The summed E-state index contributed by atoms with van der Waals surface area (Å²) in [4.78, 5) is 90.5. The van der Waals surface area contributed by atoms with Gasteiger partial charge in [0, 0.05) is 96.6 Å². The second-order valence-electron chi connectivity index (χ2n) is 17.9. The molecule has 2 aliphatic heterocycles. The SMILES string of the molecule is CC(=NNC(=O)C1(CN)C(=O)C=CC1=O)c1ccc(OCCN2CCN(C(=O)Oc3cc4c(c5ccccc35)C(CCl)CN4C(=O)c3cc4cc(NC(=O)c5cc6cc(F)ccc6[nH]5)ccc4[nH]3)CC2)cc1. The number of aromatic nitrogens is 2.